The number of rotatable bonds is 7. The van der Waals surface area contributed by atoms with Crippen LogP contribution in [0.2, 0.25) is 0 Å². The lowest BCUT2D eigenvalue weighted by Crippen LogP contribution is -2.44. The maximum Gasteiger partial charge on any atom is 0.305 e. The van der Waals surface area contributed by atoms with Crippen LogP contribution in [0.15, 0.2) is 30.5 Å². The average molecular weight is 322 g/mol. The molecule has 0 saturated carbocycles. The van der Waals surface area contributed by atoms with Gasteiger partial charge in [0.15, 0.2) is 11.7 Å². The first kappa shape index (κ1) is 16.5. The van der Waals surface area contributed by atoms with Crippen LogP contribution < -0.4 is 5.32 Å². The first-order valence-electron chi connectivity index (χ1n) is 6.79. The Hall–Kier alpha value is -2.90. The molecule has 1 aromatic heterocycles. The van der Waals surface area contributed by atoms with Gasteiger partial charge in [0.1, 0.15) is 19.3 Å². The number of hydrogen-bond acceptors (Lipinski definition) is 4. The zero-order valence-electron chi connectivity index (χ0n) is 12.0. The third-order valence-corrected chi connectivity index (χ3v) is 3.32. The highest BCUT2D eigenvalue weighted by Crippen LogP contribution is 2.26. The van der Waals surface area contributed by atoms with Gasteiger partial charge in [-0.2, -0.15) is 0 Å². The van der Waals surface area contributed by atoms with Gasteiger partial charge in [0.05, 0.1) is 6.42 Å². The number of carboxylic acid groups (broad SMARTS) is 1. The number of alkyl halides is 1. The van der Waals surface area contributed by atoms with Gasteiger partial charge in [-0.15, -0.1) is 0 Å². The SMILES string of the molecule is O=C(O)CC(NC(=O)Cn1cc2ccccc2c1O)C(=O)CF. The number of benzene rings is 1. The Morgan fingerprint density at radius 2 is 1.96 bits per heavy atom. The van der Waals surface area contributed by atoms with E-state index in [0.717, 1.165) is 5.39 Å². The molecule has 0 aliphatic heterocycles. The number of carbonyl (C=O) groups excluding carboxylic acids is 2. The van der Waals surface area contributed by atoms with Gasteiger partial charge in [-0.1, -0.05) is 18.2 Å². The monoisotopic (exact) mass is 322 g/mol. The molecule has 7 nitrogen and oxygen atoms in total. The van der Waals surface area contributed by atoms with Crippen LogP contribution in [-0.4, -0.2) is 45.2 Å². The summed E-state index contributed by atoms with van der Waals surface area (Å²) in [6.07, 6.45) is 0.849. The molecule has 1 unspecified atom stereocenters. The summed E-state index contributed by atoms with van der Waals surface area (Å²) in [5, 5.41) is 22.2. The van der Waals surface area contributed by atoms with E-state index >= 15 is 0 Å². The predicted molar refractivity (Wildman–Crippen MR) is 78.8 cm³/mol. The number of aliphatic carboxylic acids is 1. The van der Waals surface area contributed by atoms with Crippen molar-refractivity contribution in [3.05, 3.63) is 30.5 Å². The summed E-state index contributed by atoms with van der Waals surface area (Å²) in [5.41, 5.74) is 0. The lowest BCUT2D eigenvalue weighted by atomic mass is 10.1. The minimum absolute atomic E-state index is 0.123. The van der Waals surface area contributed by atoms with Crippen molar-refractivity contribution >= 4 is 28.4 Å². The molecule has 3 N–H and O–H groups in total. The fourth-order valence-corrected chi connectivity index (χ4v) is 2.23. The molecule has 122 valence electrons. The number of ketones is 1. The number of carbonyl (C=O) groups is 3. The van der Waals surface area contributed by atoms with Gasteiger partial charge in [0, 0.05) is 17.0 Å². The molecule has 2 aromatic rings. The van der Waals surface area contributed by atoms with E-state index in [0.29, 0.717) is 5.39 Å². The van der Waals surface area contributed by atoms with Crippen LogP contribution in [0.4, 0.5) is 4.39 Å². The van der Waals surface area contributed by atoms with Crippen LogP contribution in [0.25, 0.3) is 10.8 Å². The number of amides is 1. The minimum atomic E-state index is -1.43. The summed E-state index contributed by atoms with van der Waals surface area (Å²) in [6.45, 7) is -1.69. The van der Waals surface area contributed by atoms with Crippen LogP contribution in [-0.2, 0) is 20.9 Å². The van der Waals surface area contributed by atoms with Gasteiger partial charge < -0.3 is 20.1 Å². The van der Waals surface area contributed by atoms with Gasteiger partial charge in [0.2, 0.25) is 5.91 Å². The molecule has 0 radical (unpaired) electrons. The molecular formula is C15H15FN2O5. The molecule has 0 aliphatic carbocycles. The van der Waals surface area contributed by atoms with Crippen molar-refractivity contribution in [2.24, 2.45) is 0 Å². The molecule has 0 aliphatic rings. The van der Waals surface area contributed by atoms with Crippen molar-refractivity contribution in [1.29, 1.82) is 0 Å². The maximum absolute atomic E-state index is 12.4. The number of nitrogens with one attached hydrogen (secondary N) is 1. The number of Topliss-reactive ketones (excluding diaryl/α,β-unsaturated/α-hetero) is 1. The van der Waals surface area contributed by atoms with Crippen LogP contribution in [0.3, 0.4) is 0 Å². The van der Waals surface area contributed by atoms with Gasteiger partial charge in [0.25, 0.3) is 0 Å². The van der Waals surface area contributed by atoms with Crippen molar-refractivity contribution in [1.82, 2.24) is 9.88 Å². The van der Waals surface area contributed by atoms with E-state index in [1.165, 1.54) is 4.57 Å². The molecule has 0 fully saturated rings. The molecule has 0 bridgehead atoms. The lowest BCUT2D eigenvalue weighted by molar-refractivity contribution is -0.140. The highest BCUT2D eigenvalue weighted by Gasteiger charge is 2.23. The van der Waals surface area contributed by atoms with E-state index in [1.807, 2.05) is 0 Å². The van der Waals surface area contributed by atoms with E-state index in [2.05, 4.69) is 5.32 Å². The standard InChI is InChI=1S/C15H15FN2O5/c16-6-12(19)11(5-14(21)22)17-13(20)8-18-7-9-3-1-2-4-10(9)15(18)23/h1-4,7,11,23H,5-6,8H2,(H,17,20)(H,21,22). The molecule has 1 aromatic carbocycles. The van der Waals surface area contributed by atoms with Gasteiger partial charge in [-0.25, -0.2) is 4.39 Å². The van der Waals surface area contributed by atoms with E-state index in [-0.39, 0.29) is 12.4 Å². The minimum Gasteiger partial charge on any atom is -0.494 e. The first-order valence-corrected chi connectivity index (χ1v) is 6.79. The molecule has 23 heavy (non-hydrogen) atoms. The fourth-order valence-electron chi connectivity index (χ4n) is 2.23. The van der Waals surface area contributed by atoms with Crippen LogP contribution >= 0.6 is 0 Å². The molecule has 0 spiro atoms. The molecular weight excluding hydrogens is 307 g/mol. The van der Waals surface area contributed by atoms with Crippen molar-refractivity contribution in [3.63, 3.8) is 0 Å². The first-order chi connectivity index (χ1) is 10.9. The Balaban J connectivity index is 2.11. The Kier molecular flexibility index (Phi) is 4.95. The molecule has 8 heteroatoms. The van der Waals surface area contributed by atoms with Gasteiger partial charge in [-0.05, 0) is 6.07 Å². The summed E-state index contributed by atoms with van der Waals surface area (Å²) in [6, 6.07) is 5.50. The Labute approximate surface area is 130 Å². The quantitative estimate of drug-likeness (QED) is 0.700. The van der Waals surface area contributed by atoms with E-state index in [1.54, 1.807) is 30.5 Å². The second-order valence-electron chi connectivity index (χ2n) is 4.99. The van der Waals surface area contributed by atoms with E-state index < -0.39 is 36.8 Å². The number of fused-ring (bicyclic) bond motifs is 1. The van der Waals surface area contributed by atoms with Crippen LogP contribution in [0.1, 0.15) is 6.42 Å². The van der Waals surface area contributed by atoms with Crippen LogP contribution in [0, 0.1) is 0 Å². The number of halogens is 1. The van der Waals surface area contributed by atoms with E-state index in [4.69, 9.17) is 5.11 Å². The normalized spacial score (nSPS) is 12.0. The summed E-state index contributed by atoms with van der Waals surface area (Å²) < 4.78 is 13.7. The topological polar surface area (TPSA) is 109 Å². The number of hydrogen-bond donors (Lipinski definition) is 3. The third-order valence-electron chi connectivity index (χ3n) is 3.32. The lowest BCUT2D eigenvalue weighted by Gasteiger charge is -2.14. The summed E-state index contributed by atoms with van der Waals surface area (Å²) in [7, 11) is 0. The molecule has 1 atom stereocenters. The molecule has 0 saturated heterocycles. The second-order valence-corrected chi connectivity index (χ2v) is 4.99. The molecule has 2 rings (SSSR count). The number of carboxylic acids is 1. The number of aromatic hydroxyl groups is 1. The van der Waals surface area contributed by atoms with Crippen molar-refractivity contribution in [3.8, 4) is 5.88 Å². The van der Waals surface area contributed by atoms with Crippen molar-refractivity contribution in [2.75, 3.05) is 6.67 Å². The highest BCUT2D eigenvalue weighted by atomic mass is 19.1. The second kappa shape index (κ2) is 6.91. The molecule has 1 heterocycles. The largest absolute Gasteiger partial charge is 0.494 e. The molecule has 1 amide bonds. The summed E-state index contributed by atoms with van der Waals surface area (Å²) in [5.74, 6) is -3.16. The smallest absolute Gasteiger partial charge is 0.305 e. The zero-order valence-corrected chi connectivity index (χ0v) is 12.0. The number of aromatic nitrogens is 1. The van der Waals surface area contributed by atoms with Gasteiger partial charge in [-0.3, -0.25) is 14.4 Å². The highest BCUT2D eigenvalue weighted by molar-refractivity contribution is 5.93. The van der Waals surface area contributed by atoms with E-state index in [9.17, 15) is 23.9 Å². The Bertz CT molecular complexity index is 755. The fraction of sp³-hybridized carbons (Fsp3) is 0.267. The Morgan fingerprint density at radius 3 is 2.57 bits per heavy atom. The van der Waals surface area contributed by atoms with Crippen molar-refractivity contribution < 1.29 is 29.0 Å². The third kappa shape index (κ3) is 3.85. The Morgan fingerprint density at radius 1 is 1.26 bits per heavy atom. The summed E-state index contributed by atoms with van der Waals surface area (Å²) >= 11 is 0. The predicted octanol–water partition coefficient (Wildman–Crippen LogP) is 0.845. The maximum atomic E-state index is 12.4. The van der Waals surface area contributed by atoms with Crippen LogP contribution in [0.5, 0.6) is 5.88 Å². The van der Waals surface area contributed by atoms with Crippen molar-refractivity contribution in [2.45, 2.75) is 19.0 Å². The summed E-state index contributed by atoms with van der Waals surface area (Å²) in [4.78, 5) is 33.9. The zero-order chi connectivity index (χ0) is 17.0. The van der Waals surface area contributed by atoms with Gasteiger partial charge >= 0.3 is 5.97 Å². The average Bonchev–Trinajstić information content (AvgIpc) is 2.82. The number of nitrogens with zero attached hydrogens (tertiary/aromatic N) is 1.